The summed E-state index contributed by atoms with van der Waals surface area (Å²) in [4.78, 5) is 21.8. The number of hydrogen-bond acceptors (Lipinski definition) is 4. The normalized spacial score (nSPS) is 10.6. The number of carbonyl (C=O) groups excluding carboxylic acids is 1. The Hall–Kier alpha value is -2.24. The zero-order valence-electron chi connectivity index (χ0n) is 12.6. The summed E-state index contributed by atoms with van der Waals surface area (Å²) in [6.45, 7) is 3.73. The van der Waals surface area contributed by atoms with Gasteiger partial charge in [-0.2, -0.15) is 0 Å². The van der Waals surface area contributed by atoms with Crippen LogP contribution in [-0.4, -0.2) is 15.9 Å². The molecule has 0 aliphatic carbocycles. The van der Waals surface area contributed by atoms with Crippen LogP contribution in [-0.2, 0) is 0 Å². The molecule has 0 spiro atoms. The van der Waals surface area contributed by atoms with E-state index in [2.05, 4.69) is 15.3 Å². The third-order valence-corrected chi connectivity index (χ3v) is 4.74. The summed E-state index contributed by atoms with van der Waals surface area (Å²) in [5, 5.41) is 4.29. The standard InChI is InChI=1S/C17H14ClN3OS/c1-10-9-12(18)6-7-13(10)21-16(22)15-11(2)20-17(23-15)14-5-3-4-8-19-14/h3-9H,1-2H3,(H,21,22). The van der Waals surface area contributed by atoms with Crippen LogP contribution in [0, 0.1) is 13.8 Å². The maximum atomic E-state index is 12.5. The van der Waals surface area contributed by atoms with Gasteiger partial charge in [-0.05, 0) is 49.7 Å². The second kappa shape index (κ2) is 6.48. The minimum atomic E-state index is -0.174. The summed E-state index contributed by atoms with van der Waals surface area (Å²) in [7, 11) is 0. The molecule has 0 saturated carbocycles. The van der Waals surface area contributed by atoms with E-state index >= 15 is 0 Å². The van der Waals surface area contributed by atoms with Crippen molar-refractivity contribution >= 4 is 34.5 Å². The number of aromatic nitrogens is 2. The average molecular weight is 344 g/mol. The fourth-order valence-electron chi connectivity index (χ4n) is 2.15. The van der Waals surface area contributed by atoms with Crippen molar-refractivity contribution < 1.29 is 4.79 Å². The molecule has 0 unspecified atom stereocenters. The predicted molar refractivity (Wildman–Crippen MR) is 94.2 cm³/mol. The van der Waals surface area contributed by atoms with Crippen molar-refractivity contribution in [1.82, 2.24) is 9.97 Å². The quantitative estimate of drug-likeness (QED) is 0.748. The third kappa shape index (κ3) is 3.41. The highest BCUT2D eigenvalue weighted by molar-refractivity contribution is 7.17. The number of nitrogens with zero attached hydrogens (tertiary/aromatic N) is 2. The van der Waals surface area contributed by atoms with Gasteiger partial charge in [-0.25, -0.2) is 4.98 Å². The molecular formula is C17H14ClN3OS. The molecule has 1 amide bonds. The first-order chi connectivity index (χ1) is 11.0. The van der Waals surface area contributed by atoms with Gasteiger partial charge < -0.3 is 5.32 Å². The second-order valence-corrected chi connectivity index (χ2v) is 6.50. The first kappa shape index (κ1) is 15.6. The number of hydrogen-bond donors (Lipinski definition) is 1. The number of benzene rings is 1. The van der Waals surface area contributed by atoms with Gasteiger partial charge in [0.1, 0.15) is 9.88 Å². The van der Waals surface area contributed by atoms with E-state index in [-0.39, 0.29) is 5.91 Å². The number of nitrogens with one attached hydrogen (secondary N) is 1. The number of thiazole rings is 1. The summed E-state index contributed by atoms with van der Waals surface area (Å²) < 4.78 is 0. The molecule has 2 aromatic heterocycles. The first-order valence-electron chi connectivity index (χ1n) is 7.01. The fraction of sp³-hybridized carbons (Fsp3) is 0.118. The summed E-state index contributed by atoms with van der Waals surface area (Å²) in [5.74, 6) is -0.174. The van der Waals surface area contributed by atoms with Gasteiger partial charge in [0.15, 0.2) is 0 Å². The molecular weight excluding hydrogens is 330 g/mol. The van der Waals surface area contributed by atoms with Crippen molar-refractivity contribution in [2.24, 2.45) is 0 Å². The Balaban J connectivity index is 1.87. The lowest BCUT2D eigenvalue weighted by atomic mass is 10.2. The second-order valence-electron chi connectivity index (χ2n) is 5.06. The maximum absolute atomic E-state index is 12.5. The fourth-order valence-corrected chi connectivity index (χ4v) is 3.32. The largest absolute Gasteiger partial charge is 0.321 e. The Morgan fingerprint density at radius 1 is 1.22 bits per heavy atom. The first-order valence-corrected chi connectivity index (χ1v) is 8.20. The number of rotatable bonds is 3. The molecule has 0 fully saturated rings. The Kier molecular flexibility index (Phi) is 4.41. The van der Waals surface area contributed by atoms with Gasteiger partial charge in [0.2, 0.25) is 0 Å². The van der Waals surface area contributed by atoms with Crippen molar-refractivity contribution in [3.05, 3.63) is 63.8 Å². The Labute approximate surface area is 143 Å². The molecule has 0 radical (unpaired) electrons. The van der Waals surface area contributed by atoms with Crippen LogP contribution in [0.5, 0.6) is 0 Å². The van der Waals surface area contributed by atoms with Gasteiger partial charge in [-0.15, -0.1) is 11.3 Å². The zero-order valence-corrected chi connectivity index (χ0v) is 14.2. The molecule has 116 valence electrons. The van der Waals surface area contributed by atoms with Crippen LogP contribution in [0.25, 0.3) is 10.7 Å². The van der Waals surface area contributed by atoms with Crippen LogP contribution >= 0.6 is 22.9 Å². The molecule has 6 heteroatoms. The molecule has 3 rings (SSSR count). The lowest BCUT2D eigenvalue weighted by Gasteiger charge is -2.07. The number of pyridine rings is 1. The van der Waals surface area contributed by atoms with Gasteiger partial charge in [0.05, 0.1) is 11.4 Å². The molecule has 0 aliphatic heterocycles. The number of anilines is 1. The molecule has 23 heavy (non-hydrogen) atoms. The number of aryl methyl sites for hydroxylation is 2. The van der Waals surface area contributed by atoms with E-state index in [4.69, 9.17) is 11.6 Å². The van der Waals surface area contributed by atoms with Crippen LogP contribution in [0.3, 0.4) is 0 Å². The SMILES string of the molecule is Cc1cc(Cl)ccc1NC(=O)c1sc(-c2ccccn2)nc1C. The van der Waals surface area contributed by atoms with Crippen molar-refractivity contribution in [2.45, 2.75) is 13.8 Å². The van der Waals surface area contributed by atoms with E-state index in [1.165, 1.54) is 11.3 Å². The monoisotopic (exact) mass is 343 g/mol. The molecule has 0 aliphatic rings. The molecule has 0 bridgehead atoms. The summed E-state index contributed by atoms with van der Waals surface area (Å²) >= 11 is 7.28. The molecule has 0 saturated heterocycles. The van der Waals surface area contributed by atoms with Gasteiger partial charge in [-0.3, -0.25) is 9.78 Å². The Morgan fingerprint density at radius 2 is 2.04 bits per heavy atom. The molecule has 4 nitrogen and oxygen atoms in total. The zero-order chi connectivity index (χ0) is 16.4. The summed E-state index contributed by atoms with van der Waals surface area (Å²) in [6.07, 6.45) is 1.71. The van der Waals surface area contributed by atoms with E-state index in [0.717, 1.165) is 22.0 Å². The highest BCUT2D eigenvalue weighted by Gasteiger charge is 2.17. The van der Waals surface area contributed by atoms with Gasteiger partial charge in [-0.1, -0.05) is 17.7 Å². The van der Waals surface area contributed by atoms with Crippen LogP contribution in [0.15, 0.2) is 42.6 Å². The third-order valence-electron chi connectivity index (χ3n) is 3.32. The number of amides is 1. The minimum absolute atomic E-state index is 0.174. The molecule has 0 atom stereocenters. The lowest BCUT2D eigenvalue weighted by molar-refractivity contribution is 0.102. The van der Waals surface area contributed by atoms with Gasteiger partial charge in [0, 0.05) is 16.9 Å². The Morgan fingerprint density at radius 3 is 2.74 bits per heavy atom. The van der Waals surface area contributed by atoms with Crippen molar-refractivity contribution in [1.29, 1.82) is 0 Å². The predicted octanol–water partition coefficient (Wildman–Crippen LogP) is 4.73. The van der Waals surface area contributed by atoms with Crippen LogP contribution < -0.4 is 5.32 Å². The molecule has 2 heterocycles. The van der Waals surface area contributed by atoms with Crippen LogP contribution in [0.1, 0.15) is 20.9 Å². The van der Waals surface area contributed by atoms with Crippen LogP contribution in [0.2, 0.25) is 5.02 Å². The number of halogens is 1. The van der Waals surface area contributed by atoms with Crippen molar-refractivity contribution in [3.8, 4) is 10.7 Å². The average Bonchev–Trinajstić information content (AvgIpc) is 2.93. The maximum Gasteiger partial charge on any atom is 0.267 e. The minimum Gasteiger partial charge on any atom is -0.321 e. The Bertz CT molecular complexity index is 862. The highest BCUT2D eigenvalue weighted by atomic mass is 35.5. The van der Waals surface area contributed by atoms with Crippen LogP contribution in [0.4, 0.5) is 5.69 Å². The smallest absolute Gasteiger partial charge is 0.267 e. The number of carbonyl (C=O) groups is 1. The van der Waals surface area contributed by atoms with E-state index in [9.17, 15) is 4.79 Å². The van der Waals surface area contributed by atoms with Crippen molar-refractivity contribution in [2.75, 3.05) is 5.32 Å². The highest BCUT2D eigenvalue weighted by Crippen LogP contribution is 2.28. The van der Waals surface area contributed by atoms with Gasteiger partial charge in [0.25, 0.3) is 5.91 Å². The lowest BCUT2D eigenvalue weighted by Crippen LogP contribution is -2.12. The topological polar surface area (TPSA) is 54.9 Å². The van der Waals surface area contributed by atoms with E-state index in [1.807, 2.05) is 38.1 Å². The summed E-state index contributed by atoms with van der Waals surface area (Å²) in [5.41, 5.74) is 3.12. The van der Waals surface area contributed by atoms with E-state index in [1.54, 1.807) is 18.3 Å². The molecule has 1 N–H and O–H groups in total. The van der Waals surface area contributed by atoms with E-state index in [0.29, 0.717) is 15.6 Å². The van der Waals surface area contributed by atoms with Crippen molar-refractivity contribution in [3.63, 3.8) is 0 Å². The molecule has 1 aromatic carbocycles. The van der Waals surface area contributed by atoms with E-state index < -0.39 is 0 Å². The summed E-state index contributed by atoms with van der Waals surface area (Å²) in [6, 6.07) is 11.0. The molecule has 3 aromatic rings. The van der Waals surface area contributed by atoms with Gasteiger partial charge >= 0.3 is 0 Å².